The Morgan fingerprint density at radius 1 is 1.08 bits per heavy atom. The van der Waals surface area contributed by atoms with Crippen LogP contribution in [0.2, 0.25) is 0 Å². The van der Waals surface area contributed by atoms with Crippen molar-refractivity contribution in [2.45, 2.75) is 24.3 Å². The van der Waals surface area contributed by atoms with Crippen molar-refractivity contribution in [3.8, 4) is 5.75 Å². The molecular formula is C19H20O5S. The smallest absolute Gasteiger partial charge is 0.427 e. The average Bonchev–Trinajstić information content (AvgIpc) is 2.54. The third kappa shape index (κ3) is 5.46. The van der Waals surface area contributed by atoms with Crippen LogP contribution in [0, 0.1) is 0 Å². The molecule has 0 unspecified atom stereocenters. The average molecular weight is 360 g/mol. The summed E-state index contributed by atoms with van der Waals surface area (Å²) >= 11 is 0. The zero-order chi connectivity index (χ0) is 18.5. The number of hydrogen-bond donors (Lipinski definition) is 0. The Morgan fingerprint density at radius 3 is 2.24 bits per heavy atom. The van der Waals surface area contributed by atoms with Gasteiger partial charge in [-0.25, -0.2) is 13.2 Å². The number of hydrogen-bond acceptors (Lipinski definition) is 5. The largest absolute Gasteiger partial charge is 0.514 e. The number of sulfone groups is 1. The van der Waals surface area contributed by atoms with Gasteiger partial charge in [0.2, 0.25) is 0 Å². The van der Waals surface area contributed by atoms with Gasteiger partial charge < -0.3 is 9.47 Å². The zero-order valence-corrected chi connectivity index (χ0v) is 15.0. The molecule has 6 heteroatoms. The lowest BCUT2D eigenvalue weighted by Gasteiger charge is -2.24. The van der Waals surface area contributed by atoms with E-state index in [0.29, 0.717) is 5.75 Å². The monoisotopic (exact) mass is 360 g/mol. The van der Waals surface area contributed by atoms with Crippen LogP contribution in [0.3, 0.4) is 0 Å². The molecule has 0 aromatic heterocycles. The standard InChI is InChI=1S/C19H20O5S/c1-4-15-10-12-16(13-11-15)23-18(20)24-19(2,3)14-25(21,22)17-8-6-5-7-9-17/h4-13H,1,14H2,2-3H3. The highest BCUT2D eigenvalue weighted by molar-refractivity contribution is 7.91. The summed E-state index contributed by atoms with van der Waals surface area (Å²) < 4.78 is 35.1. The maximum atomic E-state index is 12.4. The second-order valence-corrected chi connectivity index (χ2v) is 8.05. The van der Waals surface area contributed by atoms with Crippen LogP contribution in [0.15, 0.2) is 66.1 Å². The molecule has 0 fully saturated rings. The molecule has 0 amide bonds. The molecule has 0 aliphatic heterocycles. The Kier molecular flexibility index (Phi) is 5.64. The highest BCUT2D eigenvalue weighted by Crippen LogP contribution is 2.21. The van der Waals surface area contributed by atoms with Crippen molar-refractivity contribution >= 4 is 22.1 Å². The number of ether oxygens (including phenoxy) is 2. The number of carbonyl (C=O) groups excluding carboxylic acids is 1. The first kappa shape index (κ1) is 18.7. The lowest BCUT2D eigenvalue weighted by molar-refractivity contribution is 0.0225. The van der Waals surface area contributed by atoms with E-state index < -0.39 is 21.6 Å². The third-order valence-electron chi connectivity index (χ3n) is 3.32. The van der Waals surface area contributed by atoms with Crippen LogP contribution >= 0.6 is 0 Å². The quantitative estimate of drug-likeness (QED) is 0.573. The predicted molar refractivity (Wildman–Crippen MR) is 96.2 cm³/mol. The van der Waals surface area contributed by atoms with Gasteiger partial charge in [-0.15, -0.1) is 0 Å². The fourth-order valence-electron chi connectivity index (χ4n) is 2.21. The molecule has 25 heavy (non-hydrogen) atoms. The van der Waals surface area contributed by atoms with Crippen molar-refractivity contribution in [3.63, 3.8) is 0 Å². The molecule has 2 aromatic carbocycles. The lowest BCUT2D eigenvalue weighted by atomic mass is 10.2. The first-order valence-corrected chi connectivity index (χ1v) is 9.28. The maximum Gasteiger partial charge on any atom is 0.514 e. The normalized spacial score (nSPS) is 11.6. The second-order valence-electron chi connectivity index (χ2n) is 6.06. The van der Waals surface area contributed by atoms with E-state index in [1.54, 1.807) is 48.5 Å². The molecule has 0 N–H and O–H groups in total. The molecule has 0 saturated heterocycles. The van der Waals surface area contributed by atoms with Gasteiger partial charge in [0.05, 0.1) is 10.6 Å². The van der Waals surface area contributed by atoms with Crippen molar-refractivity contribution < 1.29 is 22.7 Å². The van der Waals surface area contributed by atoms with Gasteiger partial charge in [-0.2, -0.15) is 0 Å². The van der Waals surface area contributed by atoms with Crippen LogP contribution in [0.5, 0.6) is 5.75 Å². The van der Waals surface area contributed by atoms with E-state index in [2.05, 4.69) is 6.58 Å². The van der Waals surface area contributed by atoms with Crippen molar-refractivity contribution in [1.29, 1.82) is 0 Å². The van der Waals surface area contributed by atoms with Crippen LogP contribution in [0.4, 0.5) is 4.79 Å². The minimum Gasteiger partial charge on any atom is -0.427 e. The van der Waals surface area contributed by atoms with Gasteiger partial charge in [-0.05, 0) is 43.7 Å². The summed E-state index contributed by atoms with van der Waals surface area (Å²) in [5.41, 5.74) is -0.359. The van der Waals surface area contributed by atoms with Crippen LogP contribution < -0.4 is 4.74 Å². The van der Waals surface area contributed by atoms with E-state index in [-0.39, 0.29) is 10.6 Å². The molecule has 2 aromatic rings. The highest BCUT2D eigenvalue weighted by Gasteiger charge is 2.31. The van der Waals surface area contributed by atoms with Crippen LogP contribution in [0.1, 0.15) is 19.4 Å². The Bertz CT molecular complexity index is 837. The molecule has 132 valence electrons. The highest BCUT2D eigenvalue weighted by atomic mass is 32.2. The van der Waals surface area contributed by atoms with Crippen molar-refractivity contribution in [1.82, 2.24) is 0 Å². The Morgan fingerprint density at radius 2 is 1.68 bits per heavy atom. The fraction of sp³-hybridized carbons (Fsp3) is 0.211. The molecule has 0 bridgehead atoms. The molecule has 0 spiro atoms. The summed E-state index contributed by atoms with van der Waals surface area (Å²) in [6.45, 7) is 6.69. The Balaban J connectivity index is 2.02. The first-order valence-electron chi connectivity index (χ1n) is 7.63. The minimum atomic E-state index is -3.59. The summed E-state index contributed by atoms with van der Waals surface area (Å²) in [6.07, 6.45) is 0.708. The van der Waals surface area contributed by atoms with Crippen molar-refractivity contribution in [3.05, 3.63) is 66.7 Å². The second kappa shape index (κ2) is 7.53. The Labute approximate surface area is 147 Å². The van der Waals surface area contributed by atoms with Crippen molar-refractivity contribution in [2.24, 2.45) is 0 Å². The van der Waals surface area contributed by atoms with Crippen LogP contribution in [0.25, 0.3) is 6.08 Å². The van der Waals surface area contributed by atoms with Gasteiger partial charge >= 0.3 is 6.16 Å². The lowest BCUT2D eigenvalue weighted by Crippen LogP contribution is -2.37. The van der Waals surface area contributed by atoms with Gasteiger partial charge in [0.25, 0.3) is 0 Å². The summed E-state index contributed by atoms with van der Waals surface area (Å²) in [4.78, 5) is 12.1. The molecule has 0 aliphatic rings. The van der Waals surface area contributed by atoms with Gasteiger partial charge in [0.1, 0.15) is 11.4 Å². The summed E-state index contributed by atoms with van der Waals surface area (Å²) in [6, 6.07) is 14.7. The fourth-order valence-corrected chi connectivity index (χ4v) is 3.93. The van der Waals surface area contributed by atoms with E-state index in [4.69, 9.17) is 9.47 Å². The van der Waals surface area contributed by atoms with E-state index in [0.717, 1.165) is 5.56 Å². The first-order chi connectivity index (χ1) is 11.7. The topological polar surface area (TPSA) is 69.7 Å². The van der Waals surface area contributed by atoms with Crippen LogP contribution in [-0.2, 0) is 14.6 Å². The SMILES string of the molecule is C=Cc1ccc(OC(=O)OC(C)(C)CS(=O)(=O)c2ccccc2)cc1. The summed E-state index contributed by atoms with van der Waals surface area (Å²) in [5, 5.41) is 0. The molecule has 0 atom stereocenters. The van der Waals surface area contributed by atoms with Crippen LogP contribution in [-0.4, -0.2) is 25.9 Å². The van der Waals surface area contributed by atoms with E-state index in [9.17, 15) is 13.2 Å². The van der Waals surface area contributed by atoms with Gasteiger partial charge in [-0.3, -0.25) is 0 Å². The van der Waals surface area contributed by atoms with E-state index >= 15 is 0 Å². The van der Waals surface area contributed by atoms with Gasteiger partial charge in [0.15, 0.2) is 9.84 Å². The molecule has 0 aliphatic carbocycles. The zero-order valence-electron chi connectivity index (χ0n) is 14.1. The van der Waals surface area contributed by atoms with Gasteiger partial charge in [0, 0.05) is 0 Å². The van der Waals surface area contributed by atoms with E-state index in [1.165, 1.54) is 26.0 Å². The maximum absolute atomic E-state index is 12.4. The summed E-state index contributed by atoms with van der Waals surface area (Å²) in [5.74, 6) is -0.0496. The van der Waals surface area contributed by atoms with Gasteiger partial charge in [-0.1, -0.05) is 43.0 Å². The van der Waals surface area contributed by atoms with E-state index in [1.807, 2.05) is 0 Å². The molecule has 0 saturated carbocycles. The molecule has 0 heterocycles. The van der Waals surface area contributed by atoms with Crippen molar-refractivity contribution in [2.75, 3.05) is 5.75 Å². The predicted octanol–water partition coefficient (Wildman–Crippen LogP) is 4.10. The number of benzene rings is 2. The summed E-state index contributed by atoms with van der Waals surface area (Å²) in [7, 11) is -3.59. The minimum absolute atomic E-state index is 0.181. The Hall–Kier alpha value is -2.60. The molecule has 5 nitrogen and oxygen atoms in total. The molecular weight excluding hydrogens is 340 g/mol. The molecule has 2 rings (SSSR count). The number of carbonyl (C=O) groups is 1. The molecule has 0 radical (unpaired) electrons. The third-order valence-corrected chi connectivity index (χ3v) is 5.38. The number of rotatable bonds is 6.